The smallest absolute Gasteiger partial charge is 0.414 e. The number of halogens is 3. The Morgan fingerprint density at radius 1 is 1.48 bits per heavy atom. The molecule has 0 aromatic heterocycles. The van der Waals surface area contributed by atoms with Crippen LogP contribution in [0.4, 0.5) is 14.9 Å². The Morgan fingerprint density at radius 2 is 2.26 bits per heavy atom. The third kappa shape index (κ3) is 4.99. The zero-order valence-electron chi connectivity index (χ0n) is 14.2. The molecule has 0 radical (unpaired) electrons. The third-order valence-electron chi connectivity index (χ3n) is 4.57. The Kier molecular flexibility index (Phi) is 6.73. The van der Waals surface area contributed by atoms with Crippen molar-refractivity contribution in [3.63, 3.8) is 0 Å². The highest BCUT2D eigenvalue weighted by molar-refractivity contribution is 7.99. The van der Waals surface area contributed by atoms with E-state index in [-0.39, 0.29) is 19.0 Å². The quantitative estimate of drug-likeness (QED) is 0.693. The van der Waals surface area contributed by atoms with Crippen molar-refractivity contribution in [3.8, 4) is 0 Å². The molecule has 6 nitrogen and oxygen atoms in total. The van der Waals surface area contributed by atoms with Crippen LogP contribution in [-0.4, -0.2) is 52.3 Å². The van der Waals surface area contributed by atoms with Gasteiger partial charge in [0.2, 0.25) is 0 Å². The Balaban J connectivity index is 1.65. The molecule has 3 rings (SSSR count). The van der Waals surface area contributed by atoms with Crippen molar-refractivity contribution >= 4 is 52.7 Å². The largest absolute Gasteiger partial charge is 0.442 e. The summed E-state index contributed by atoms with van der Waals surface area (Å²) in [6.07, 6.45) is 0.116. The van der Waals surface area contributed by atoms with Gasteiger partial charge in [-0.1, -0.05) is 29.3 Å². The Hall–Kier alpha value is -1.22. The Labute approximate surface area is 170 Å². The lowest BCUT2D eigenvalue weighted by molar-refractivity contribution is -0.119. The molecule has 0 bridgehead atoms. The zero-order chi connectivity index (χ0) is 19.6. The van der Waals surface area contributed by atoms with Crippen LogP contribution in [0.3, 0.4) is 0 Å². The van der Waals surface area contributed by atoms with Crippen molar-refractivity contribution in [1.82, 2.24) is 5.32 Å². The van der Waals surface area contributed by atoms with E-state index >= 15 is 0 Å². The molecule has 10 heteroatoms. The standard InChI is InChI=1S/C17H19Cl2FN2O4S/c18-15(19)16(24)21-7-11-8-22(17(25)26-11)10-1-2-12(13(20)6-10)9-3-4-27-14(23)5-9/h1-2,6,9,11,14-15,23H,3-5,7-8H2,(H,21,24)/t9-,11?,14?/m0/s1. The summed E-state index contributed by atoms with van der Waals surface area (Å²) in [6, 6.07) is 4.63. The normalized spacial score (nSPS) is 25.6. The first-order valence-electron chi connectivity index (χ1n) is 8.48. The maximum absolute atomic E-state index is 14.6. The second-order valence-electron chi connectivity index (χ2n) is 6.41. The lowest BCUT2D eigenvalue weighted by Gasteiger charge is -2.26. The lowest BCUT2D eigenvalue weighted by Crippen LogP contribution is -2.37. The van der Waals surface area contributed by atoms with Crippen LogP contribution in [0.25, 0.3) is 0 Å². The molecule has 2 aliphatic heterocycles. The number of hydrogen-bond acceptors (Lipinski definition) is 5. The SMILES string of the molecule is O=C(NCC1CN(c2ccc([C@H]3CCSC(O)C3)c(F)c2)C(=O)O1)C(Cl)Cl. The number of nitrogens with zero attached hydrogens (tertiary/aromatic N) is 1. The fraction of sp³-hybridized carbons (Fsp3) is 0.529. The van der Waals surface area contributed by atoms with Gasteiger partial charge in [-0.3, -0.25) is 9.69 Å². The molecule has 2 heterocycles. The minimum atomic E-state index is -1.20. The number of nitrogens with one attached hydrogen (secondary N) is 1. The number of benzene rings is 1. The molecule has 0 spiro atoms. The number of alkyl halides is 2. The molecule has 0 aliphatic carbocycles. The molecule has 27 heavy (non-hydrogen) atoms. The van der Waals surface area contributed by atoms with E-state index in [0.717, 1.165) is 12.2 Å². The number of aliphatic hydroxyl groups excluding tert-OH is 1. The molecule has 2 N–H and O–H groups in total. The van der Waals surface area contributed by atoms with Gasteiger partial charge in [-0.25, -0.2) is 9.18 Å². The van der Waals surface area contributed by atoms with Gasteiger partial charge in [0.15, 0.2) is 4.84 Å². The summed E-state index contributed by atoms with van der Waals surface area (Å²) in [5.74, 6) is -0.239. The lowest BCUT2D eigenvalue weighted by atomic mass is 9.92. The number of hydrogen-bond donors (Lipinski definition) is 2. The first-order valence-corrected chi connectivity index (χ1v) is 10.4. The van der Waals surface area contributed by atoms with Crippen LogP contribution >= 0.6 is 35.0 Å². The molecule has 2 saturated heterocycles. The van der Waals surface area contributed by atoms with Gasteiger partial charge in [0.25, 0.3) is 5.91 Å². The predicted molar refractivity (Wildman–Crippen MR) is 103 cm³/mol. The van der Waals surface area contributed by atoms with Crippen LogP contribution in [0, 0.1) is 5.82 Å². The molecule has 2 amide bonds. The molecular formula is C17H19Cl2FN2O4S. The number of carbonyl (C=O) groups excluding carboxylic acids is 2. The number of anilines is 1. The van der Waals surface area contributed by atoms with Crippen LogP contribution in [0.2, 0.25) is 0 Å². The average molecular weight is 437 g/mol. The van der Waals surface area contributed by atoms with Gasteiger partial charge in [-0.2, -0.15) is 0 Å². The first kappa shape index (κ1) is 20.5. The Bertz CT molecular complexity index is 724. The van der Waals surface area contributed by atoms with E-state index in [9.17, 15) is 19.1 Å². The third-order valence-corrected chi connectivity index (χ3v) is 6.02. The fourth-order valence-electron chi connectivity index (χ4n) is 3.20. The van der Waals surface area contributed by atoms with Gasteiger partial charge in [-0.05, 0) is 42.2 Å². The summed E-state index contributed by atoms with van der Waals surface area (Å²) in [7, 11) is 0. The summed E-state index contributed by atoms with van der Waals surface area (Å²) >= 11 is 12.4. The minimum Gasteiger partial charge on any atom is -0.442 e. The van der Waals surface area contributed by atoms with Gasteiger partial charge in [0.1, 0.15) is 11.9 Å². The molecule has 1 aromatic carbocycles. The molecule has 148 valence electrons. The molecule has 3 atom stereocenters. The van der Waals surface area contributed by atoms with Gasteiger partial charge < -0.3 is 15.2 Å². The van der Waals surface area contributed by atoms with Crippen LogP contribution in [0.1, 0.15) is 24.3 Å². The van der Waals surface area contributed by atoms with Crippen molar-refractivity contribution in [1.29, 1.82) is 0 Å². The number of amides is 2. The predicted octanol–water partition coefficient (Wildman–Crippen LogP) is 3.00. The zero-order valence-corrected chi connectivity index (χ0v) is 16.6. The van der Waals surface area contributed by atoms with Crippen molar-refractivity contribution in [2.75, 3.05) is 23.7 Å². The molecule has 2 unspecified atom stereocenters. The average Bonchev–Trinajstić information content (AvgIpc) is 3.00. The van der Waals surface area contributed by atoms with E-state index < -0.39 is 34.2 Å². The summed E-state index contributed by atoms with van der Waals surface area (Å²) in [6.45, 7) is 0.237. The van der Waals surface area contributed by atoms with E-state index in [0.29, 0.717) is 17.7 Å². The van der Waals surface area contributed by atoms with E-state index in [1.807, 2.05) is 0 Å². The first-order chi connectivity index (χ1) is 12.8. The highest BCUT2D eigenvalue weighted by Gasteiger charge is 2.33. The highest BCUT2D eigenvalue weighted by atomic mass is 35.5. The van der Waals surface area contributed by atoms with Crippen LogP contribution in [0.5, 0.6) is 0 Å². The summed E-state index contributed by atoms with van der Waals surface area (Å²) in [5.41, 5.74) is 0.450. The molecule has 0 saturated carbocycles. The number of aliphatic hydroxyl groups is 1. The van der Waals surface area contributed by atoms with Crippen molar-refractivity contribution in [3.05, 3.63) is 29.6 Å². The van der Waals surface area contributed by atoms with E-state index in [1.54, 1.807) is 12.1 Å². The van der Waals surface area contributed by atoms with Crippen LogP contribution in [-0.2, 0) is 9.53 Å². The molecule has 1 aromatic rings. The number of thioether (sulfide) groups is 1. The van der Waals surface area contributed by atoms with E-state index in [4.69, 9.17) is 27.9 Å². The second-order valence-corrected chi connectivity index (χ2v) is 8.80. The van der Waals surface area contributed by atoms with Crippen molar-refractivity contribution < 1.29 is 23.8 Å². The van der Waals surface area contributed by atoms with Gasteiger partial charge in [0, 0.05) is 0 Å². The summed E-state index contributed by atoms with van der Waals surface area (Å²) < 4.78 is 19.8. The number of ether oxygens (including phenoxy) is 1. The van der Waals surface area contributed by atoms with Gasteiger partial charge in [-0.15, -0.1) is 11.8 Å². The van der Waals surface area contributed by atoms with E-state index in [1.165, 1.54) is 22.7 Å². The topological polar surface area (TPSA) is 78.9 Å². The highest BCUT2D eigenvalue weighted by Crippen LogP contribution is 2.37. The monoisotopic (exact) mass is 436 g/mol. The molecule has 2 aliphatic rings. The van der Waals surface area contributed by atoms with Crippen LogP contribution in [0.15, 0.2) is 18.2 Å². The van der Waals surface area contributed by atoms with Crippen molar-refractivity contribution in [2.24, 2.45) is 0 Å². The maximum Gasteiger partial charge on any atom is 0.414 e. The maximum atomic E-state index is 14.6. The van der Waals surface area contributed by atoms with Crippen molar-refractivity contribution in [2.45, 2.75) is 35.1 Å². The summed E-state index contributed by atoms with van der Waals surface area (Å²) in [5, 5.41) is 12.2. The minimum absolute atomic E-state index is 0.0390. The molecular weight excluding hydrogens is 418 g/mol. The van der Waals surface area contributed by atoms with Gasteiger partial charge in [0.05, 0.1) is 24.2 Å². The number of rotatable bonds is 5. The summed E-state index contributed by atoms with van der Waals surface area (Å²) in [4.78, 5) is 23.6. The molecule has 2 fully saturated rings. The number of carbonyl (C=O) groups is 2. The fourth-order valence-corrected chi connectivity index (χ4v) is 4.42. The second kappa shape index (κ2) is 8.86. The van der Waals surface area contributed by atoms with Gasteiger partial charge >= 0.3 is 6.09 Å². The van der Waals surface area contributed by atoms with E-state index in [2.05, 4.69) is 5.32 Å². The Morgan fingerprint density at radius 3 is 2.93 bits per heavy atom. The number of cyclic esters (lactones) is 1. The van der Waals surface area contributed by atoms with Crippen LogP contribution < -0.4 is 10.2 Å².